The zero-order valence-electron chi connectivity index (χ0n) is 11.6. The predicted molar refractivity (Wildman–Crippen MR) is 69.1 cm³/mol. The first-order valence-corrected chi connectivity index (χ1v) is 6.03. The van der Waals surface area contributed by atoms with E-state index in [1.807, 2.05) is 6.07 Å². The molecule has 0 bridgehead atoms. The third-order valence-electron chi connectivity index (χ3n) is 3.26. The molecule has 1 aliphatic heterocycles. The maximum Gasteiger partial charge on any atom is 0.203 e. The quantitative estimate of drug-likeness (QED) is 0.829. The van der Waals surface area contributed by atoms with E-state index in [0.717, 1.165) is 24.2 Å². The molecule has 0 saturated carbocycles. The van der Waals surface area contributed by atoms with Gasteiger partial charge in [-0.25, -0.2) is 0 Å². The molecular formula is C14H20O4. The first-order chi connectivity index (χ1) is 8.52. The molecule has 1 aromatic carbocycles. The molecule has 1 aromatic rings. The van der Waals surface area contributed by atoms with Crippen molar-refractivity contribution in [3.8, 4) is 23.0 Å². The van der Waals surface area contributed by atoms with Gasteiger partial charge in [0.1, 0.15) is 11.4 Å². The van der Waals surface area contributed by atoms with Gasteiger partial charge in [0.25, 0.3) is 0 Å². The summed E-state index contributed by atoms with van der Waals surface area (Å²) in [5.74, 6) is 2.79. The molecule has 0 saturated heterocycles. The Hall–Kier alpha value is -1.58. The van der Waals surface area contributed by atoms with Crippen molar-refractivity contribution in [3.05, 3.63) is 11.6 Å². The van der Waals surface area contributed by atoms with Crippen molar-refractivity contribution < 1.29 is 18.9 Å². The highest BCUT2D eigenvalue weighted by Crippen LogP contribution is 2.48. The van der Waals surface area contributed by atoms with E-state index in [1.165, 1.54) is 0 Å². The molecule has 0 spiro atoms. The van der Waals surface area contributed by atoms with Crippen LogP contribution in [0.25, 0.3) is 0 Å². The zero-order chi connectivity index (χ0) is 13.3. The molecule has 4 heteroatoms. The van der Waals surface area contributed by atoms with Gasteiger partial charge in [0, 0.05) is 11.6 Å². The predicted octanol–water partition coefficient (Wildman–Crippen LogP) is 2.82. The Morgan fingerprint density at radius 1 is 1.06 bits per heavy atom. The van der Waals surface area contributed by atoms with E-state index in [-0.39, 0.29) is 5.60 Å². The zero-order valence-corrected chi connectivity index (χ0v) is 11.6. The van der Waals surface area contributed by atoms with Crippen molar-refractivity contribution in [2.45, 2.75) is 32.3 Å². The Kier molecular flexibility index (Phi) is 3.28. The fourth-order valence-electron chi connectivity index (χ4n) is 2.30. The van der Waals surface area contributed by atoms with Crippen LogP contribution < -0.4 is 18.9 Å². The molecule has 0 atom stereocenters. The summed E-state index contributed by atoms with van der Waals surface area (Å²) in [6.07, 6.45) is 1.86. The second-order valence-electron chi connectivity index (χ2n) is 4.98. The fourth-order valence-corrected chi connectivity index (χ4v) is 2.30. The fraction of sp³-hybridized carbons (Fsp3) is 0.571. The summed E-state index contributed by atoms with van der Waals surface area (Å²) in [4.78, 5) is 0. The lowest BCUT2D eigenvalue weighted by Crippen LogP contribution is -2.32. The van der Waals surface area contributed by atoms with E-state index >= 15 is 0 Å². The largest absolute Gasteiger partial charge is 0.493 e. The third kappa shape index (κ3) is 2.07. The Labute approximate surface area is 108 Å². The van der Waals surface area contributed by atoms with Gasteiger partial charge in [-0.1, -0.05) is 0 Å². The summed E-state index contributed by atoms with van der Waals surface area (Å²) in [5.41, 5.74) is 0.895. The van der Waals surface area contributed by atoms with Crippen LogP contribution in [0.3, 0.4) is 0 Å². The molecule has 0 unspecified atom stereocenters. The van der Waals surface area contributed by atoms with Gasteiger partial charge in [0.05, 0.1) is 21.3 Å². The highest BCUT2D eigenvalue weighted by atomic mass is 16.5. The Balaban J connectivity index is 2.58. The van der Waals surface area contributed by atoms with E-state index in [2.05, 4.69) is 13.8 Å². The van der Waals surface area contributed by atoms with Crippen LogP contribution in [0, 0.1) is 0 Å². The van der Waals surface area contributed by atoms with Crippen molar-refractivity contribution in [1.82, 2.24) is 0 Å². The Morgan fingerprint density at radius 2 is 1.72 bits per heavy atom. The standard InChI is InChI=1S/C14H20O4/c1-14(2)7-6-9-10(18-14)8-11(15-3)13(17-5)12(9)16-4/h8H,6-7H2,1-5H3. The maximum atomic E-state index is 5.99. The van der Waals surface area contributed by atoms with Gasteiger partial charge in [-0.3, -0.25) is 0 Å². The summed E-state index contributed by atoms with van der Waals surface area (Å²) < 4.78 is 22.1. The minimum atomic E-state index is -0.155. The summed E-state index contributed by atoms with van der Waals surface area (Å²) in [6.45, 7) is 4.16. The lowest BCUT2D eigenvalue weighted by molar-refractivity contribution is 0.0828. The van der Waals surface area contributed by atoms with Crippen LogP contribution in [0.5, 0.6) is 23.0 Å². The van der Waals surface area contributed by atoms with Crippen LogP contribution in [0.4, 0.5) is 0 Å². The van der Waals surface area contributed by atoms with Crippen molar-refractivity contribution in [2.75, 3.05) is 21.3 Å². The topological polar surface area (TPSA) is 36.9 Å². The van der Waals surface area contributed by atoms with Gasteiger partial charge in [-0.2, -0.15) is 0 Å². The van der Waals surface area contributed by atoms with E-state index in [4.69, 9.17) is 18.9 Å². The van der Waals surface area contributed by atoms with E-state index in [1.54, 1.807) is 21.3 Å². The first kappa shape index (κ1) is 12.9. The number of benzene rings is 1. The molecule has 0 aromatic heterocycles. The average molecular weight is 252 g/mol. The average Bonchev–Trinajstić information content (AvgIpc) is 2.34. The minimum Gasteiger partial charge on any atom is -0.493 e. The maximum absolute atomic E-state index is 5.99. The molecule has 100 valence electrons. The highest BCUT2D eigenvalue weighted by Gasteiger charge is 2.31. The minimum absolute atomic E-state index is 0.155. The molecule has 1 heterocycles. The van der Waals surface area contributed by atoms with Crippen molar-refractivity contribution in [2.24, 2.45) is 0 Å². The number of hydrogen-bond donors (Lipinski definition) is 0. The van der Waals surface area contributed by atoms with Crippen molar-refractivity contribution in [3.63, 3.8) is 0 Å². The number of rotatable bonds is 3. The SMILES string of the molecule is COc1cc2c(c(OC)c1OC)CCC(C)(C)O2. The van der Waals surface area contributed by atoms with E-state index in [9.17, 15) is 0 Å². The van der Waals surface area contributed by atoms with Gasteiger partial charge < -0.3 is 18.9 Å². The number of hydrogen-bond acceptors (Lipinski definition) is 4. The molecule has 0 radical (unpaired) electrons. The molecule has 1 aliphatic rings. The summed E-state index contributed by atoms with van der Waals surface area (Å²) in [6, 6.07) is 1.87. The van der Waals surface area contributed by atoms with Gasteiger partial charge >= 0.3 is 0 Å². The molecule has 0 aliphatic carbocycles. The van der Waals surface area contributed by atoms with Gasteiger partial charge in [-0.05, 0) is 26.7 Å². The second kappa shape index (κ2) is 4.59. The third-order valence-corrected chi connectivity index (χ3v) is 3.26. The van der Waals surface area contributed by atoms with Crippen LogP contribution in [0.1, 0.15) is 25.8 Å². The normalized spacial score (nSPS) is 16.5. The highest BCUT2D eigenvalue weighted by molar-refractivity contribution is 5.62. The van der Waals surface area contributed by atoms with E-state index in [0.29, 0.717) is 17.2 Å². The van der Waals surface area contributed by atoms with Gasteiger partial charge in [-0.15, -0.1) is 0 Å². The van der Waals surface area contributed by atoms with Gasteiger partial charge in [0.2, 0.25) is 5.75 Å². The molecule has 0 amide bonds. The Bertz CT molecular complexity index is 452. The smallest absolute Gasteiger partial charge is 0.203 e. The summed E-state index contributed by atoms with van der Waals surface area (Å²) in [7, 11) is 4.86. The number of fused-ring (bicyclic) bond motifs is 1. The molecule has 0 fully saturated rings. The second-order valence-corrected chi connectivity index (χ2v) is 4.98. The lowest BCUT2D eigenvalue weighted by atomic mass is 9.93. The van der Waals surface area contributed by atoms with Crippen LogP contribution in [0.15, 0.2) is 6.07 Å². The molecular weight excluding hydrogens is 232 g/mol. The molecule has 2 rings (SSSR count). The van der Waals surface area contributed by atoms with Crippen LogP contribution in [-0.4, -0.2) is 26.9 Å². The molecule has 18 heavy (non-hydrogen) atoms. The van der Waals surface area contributed by atoms with Crippen molar-refractivity contribution in [1.29, 1.82) is 0 Å². The summed E-state index contributed by atoms with van der Waals surface area (Å²) >= 11 is 0. The lowest BCUT2D eigenvalue weighted by Gasteiger charge is -2.34. The van der Waals surface area contributed by atoms with Gasteiger partial charge in [0.15, 0.2) is 11.5 Å². The van der Waals surface area contributed by atoms with Crippen LogP contribution >= 0.6 is 0 Å². The van der Waals surface area contributed by atoms with Crippen LogP contribution in [0.2, 0.25) is 0 Å². The molecule has 0 N–H and O–H groups in total. The number of ether oxygens (including phenoxy) is 4. The monoisotopic (exact) mass is 252 g/mol. The van der Waals surface area contributed by atoms with E-state index < -0.39 is 0 Å². The first-order valence-electron chi connectivity index (χ1n) is 6.03. The summed E-state index contributed by atoms with van der Waals surface area (Å²) in [5, 5.41) is 0. The van der Waals surface area contributed by atoms with Crippen molar-refractivity contribution >= 4 is 0 Å². The van der Waals surface area contributed by atoms with Crippen LogP contribution in [-0.2, 0) is 6.42 Å². The Morgan fingerprint density at radius 3 is 2.28 bits per heavy atom. The number of methoxy groups -OCH3 is 3. The molecule has 4 nitrogen and oxygen atoms in total.